The molecule has 0 saturated carbocycles. The molecule has 0 spiro atoms. The van der Waals surface area contributed by atoms with Crippen LogP contribution >= 0.6 is 7.75 Å². The van der Waals surface area contributed by atoms with Crippen molar-refractivity contribution in [3.8, 4) is 5.75 Å². The predicted molar refractivity (Wildman–Crippen MR) is 139 cm³/mol. The molecule has 216 valence electrons. The van der Waals surface area contributed by atoms with E-state index < -0.39 is 61.4 Å². The summed E-state index contributed by atoms with van der Waals surface area (Å²) in [5.74, 6) is -1.46. The maximum atomic E-state index is 13.9. The summed E-state index contributed by atoms with van der Waals surface area (Å²) in [7, 11) is -4.28. The van der Waals surface area contributed by atoms with Gasteiger partial charge in [-0.25, -0.2) is 9.36 Å². The summed E-state index contributed by atoms with van der Waals surface area (Å²) in [5, 5.41) is 13.2. The van der Waals surface area contributed by atoms with Crippen molar-refractivity contribution in [2.45, 2.75) is 77.5 Å². The molecule has 14 heteroatoms. The highest BCUT2D eigenvalue weighted by molar-refractivity contribution is 7.52. The average Bonchev–Trinajstić information content (AvgIpc) is 3.28. The Hall–Kier alpha value is -2.83. The fourth-order valence-electron chi connectivity index (χ4n) is 4.06. The minimum atomic E-state index is -4.28. The summed E-state index contributed by atoms with van der Waals surface area (Å²) >= 11 is 0. The molecule has 0 unspecified atom stereocenters. The van der Waals surface area contributed by atoms with Crippen LogP contribution in [0, 0.1) is 11.7 Å². The molecule has 1 saturated heterocycles. The highest BCUT2D eigenvalue weighted by Crippen LogP contribution is 2.47. The van der Waals surface area contributed by atoms with E-state index in [1.165, 1.54) is 13.8 Å². The molecule has 12 nitrogen and oxygen atoms in total. The molecule has 0 radical (unpaired) electrons. The van der Waals surface area contributed by atoms with E-state index in [1.807, 2.05) is 18.8 Å². The van der Waals surface area contributed by atoms with Gasteiger partial charge in [0.25, 0.3) is 5.56 Å². The van der Waals surface area contributed by atoms with Crippen LogP contribution in [0.5, 0.6) is 5.75 Å². The zero-order valence-corrected chi connectivity index (χ0v) is 23.1. The monoisotopic (exact) mass is 571 g/mol. The van der Waals surface area contributed by atoms with Crippen molar-refractivity contribution >= 4 is 13.7 Å². The second kappa shape index (κ2) is 13.5. The number of carbonyl (C=O) groups excluding carboxylic acids is 1. The van der Waals surface area contributed by atoms with Crippen molar-refractivity contribution in [2.24, 2.45) is 5.92 Å². The van der Waals surface area contributed by atoms with E-state index in [2.05, 4.69) is 5.09 Å². The van der Waals surface area contributed by atoms with Gasteiger partial charge in [0.15, 0.2) is 0 Å². The Morgan fingerprint density at radius 2 is 1.92 bits per heavy atom. The first-order chi connectivity index (χ1) is 18.5. The molecule has 2 aromatic rings. The van der Waals surface area contributed by atoms with E-state index in [1.54, 1.807) is 30.3 Å². The number of aliphatic hydroxyl groups excluding tert-OH is 1. The SMILES string of the molecule is CCC(CC)COC(=O)[C@H](C)N[P@](=O)(Oc1ccccc1)O[C@H](C)[C@H]1O[C@@H](n2cc(F)c(=O)[nH]c2=O)C[C@@H]1O. The number of para-hydroxylation sites is 1. The Morgan fingerprint density at radius 1 is 1.26 bits per heavy atom. The molecule has 3 rings (SSSR count). The summed E-state index contributed by atoms with van der Waals surface area (Å²) in [4.78, 5) is 37.9. The number of ether oxygens (including phenoxy) is 2. The van der Waals surface area contributed by atoms with Crippen molar-refractivity contribution in [1.29, 1.82) is 0 Å². The highest BCUT2D eigenvalue weighted by atomic mass is 31.2. The molecule has 2 heterocycles. The molecule has 0 amide bonds. The number of aliphatic hydroxyl groups is 1. The van der Waals surface area contributed by atoms with E-state index in [4.69, 9.17) is 18.5 Å². The topological polar surface area (TPSA) is 158 Å². The van der Waals surface area contributed by atoms with Gasteiger partial charge >= 0.3 is 19.4 Å². The van der Waals surface area contributed by atoms with Crippen molar-refractivity contribution in [1.82, 2.24) is 14.6 Å². The van der Waals surface area contributed by atoms with Gasteiger partial charge in [0.1, 0.15) is 24.1 Å². The van der Waals surface area contributed by atoms with Crippen LogP contribution in [0.4, 0.5) is 4.39 Å². The first-order valence-corrected chi connectivity index (χ1v) is 14.3. The van der Waals surface area contributed by atoms with Gasteiger partial charge in [-0.1, -0.05) is 44.9 Å². The van der Waals surface area contributed by atoms with Crippen LogP contribution in [0.15, 0.2) is 46.1 Å². The zero-order chi connectivity index (χ0) is 28.7. The van der Waals surface area contributed by atoms with Crippen molar-refractivity contribution < 1.29 is 37.4 Å². The fourth-order valence-corrected chi connectivity index (χ4v) is 5.76. The summed E-state index contributed by atoms with van der Waals surface area (Å²) in [6, 6.07) is 7.07. The molecule has 0 aliphatic carbocycles. The molecule has 3 N–H and O–H groups in total. The van der Waals surface area contributed by atoms with Crippen molar-refractivity contribution in [2.75, 3.05) is 6.61 Å². The largest absolute Gasteiger partial charge is 0.464 e. The molecular weight excluding hydrogens is 536 g/mol. The maximum Gasteiger partial charge on any atom is 0.459 e. The number of esters is 1. The van der Waals surface area contributed by atoms with E-state index in [-0.39, 0.29) is 24.7 Å². The Kier molecular flexibility index (Phi) is 10.6. The second-order valence-electron chi connectivity index (χ2n) is 9.38. The third kappa shape index (κ3) is 8.09. The third-order valence-corrected chi connectivity index (χ3v) is 8.19. The first kappa shape index (κ1) is 30.7. The second-order valence-corrected chi connectivity index (χ2v) is 11.0. The number of nitrogens with zero attached hydrogens (tertiary/aromatic N) is 1. The number of halogens is 1. The first-order valence-electron chi connectivity index (χ1n) is 12.8. The van der Waals surface area contributed by atoms with Gasteiger partial charge in [0, 0.05) is 6.42 Å². The highest BCUT2D eigenvalue weighted by Gasteiger charge is 2.43. The van der Waals surface area contributed by atoms with Crippen molar-refractivity contribution in [3.63, 3.8) is 0 Å². The van der Waals surface area contributed by atoms with Gasteiger partial charge in [-0.15, -0.1) is 0 Å². The maximum absolute atomic E-state index is 13.9. The minimum Gasteiger partial charge on any atom is -0.464 e. The van der Waals surface area contributed by atoms with Crippen LogP contribution in [0.3, 0.4) is 0 Å². The number of rotatable bonds is 13. The van der Waals surface area contributed by atoms with Crippen LogP contribution in [0.25, 0.3) is 0 Å². The molecule has 1 aliphatic heterocycles. The van der Waals surface area contributed by atoms with Crippen LogP contribution < -0.4 is 20.9 Å². The number of aromatic amines is 1. The lowest BCUT2D eigenvalue weighted by atomic mass is 10.1. The third-order valence-electron chi connectivity index (χ3n) is 6.43. The number of H-pyrrole nitrogens is 1. The summed E-state index contributed by atoms with van der Waals surface area (Å²) in [6.45, 7) is 7.13. The summed E-state index contributed by atoms with van der Waals surface area (Å²) in [6.07, 6.45) is -2.33. The quantitative estimate of drug-likeness (QED) is 0.241. The number of hydrogen-bond donors (Lipinski definition) is 3. The van der Waals surface area contributed by atoms with Crippen LogP contribution in [-0.2, 0) is 23.4 Å². The summed E-state index contributed by atoms with van der Waals surface area (Å²) < 4.78 is 51.0. The Balaban J connectivity index is 1.76. The van der Waals surface area contributed by atoms with Gasteiger partial charge in [-0.05, 0) is 31.9 Å². The molecule has 6 atom stereocenters. The van der Waals surface area contributed by atoms with Gasteiger partial charge in [0.2, 0.25) is 5.82 Å². The number of aromatic nitrogens is 2. The Morgan fingerprint density at radius 3 is 2.56 bits per heavy atom. The van der Waals surface area contributed by atoms with Gasteiger partial charge in [-0.3, -0.25) is 23.7 Å². The standard InChI is InChI=1S/C25H35FN3O9P/c1-5-17(6-2)14-35-24(32)15(3)28-39(34,38-18-10-8-7-9-11-18)37-16(4)22-20(30)12-21(36-22)29-13-19(26)23(31)27-25(29)33/h7-11,13,15-17,20-22,30H,5-6,12,14H2,1-4H3,(H,28,34)(H,27,31,33)/t15-,16+,20-,21+,22+,39+/m0/s1. The lowest BCUT2D eigenvalue weighted by Gasteiger charge is -2.29. The van der Waals surface area contributed by atoms with Crippen molar-refractivity contribution in [3.05, 3.63) is 63.2 Å². The smallest absolute Gasteiger partial charge is 0.459 e. The van der Waals surface area contributed by atoms with Crippen LogP contribution in [-0.4, -0.2) is 51.6 Å². The number of carbonyl (C=O) groups is 1. The number of hydrogen-bond acceptors (Lipinski definition) is 9. The van der Waals surface area contributed by atoms with Gasteiger partial charge < -0.3 is 19.1 Å². The normalized spacial score (nSPS) is 22.3. The average molecular weight is 572 g/mol. The lowest BCUT2D eigenvalue weighted by molar-refractivity contribution is -0.146. The molecule has 39 heavy (non-hydrogen) atoms. The zero-order valence-electron chi connectivity index (χ0n) is 22.2. The Labute approximate surface area is 225 Å². The molecule has 1 aromatic heterocycles. The molecule has 1 aliphatic rings. The molecular formula is C25H35FN3O9P. The summed E-state index contributed by atoms with van der Waals surface area (Å²) in [5.41, 5.74) is -2.10. The fraction of sp³-hybridized carbons (Fsp3) is 0.560. The lowest BCUT2D eigenvalue weighted by Crippen LogP contribution is -2.39. The van der Waals surface area contributed by atoms with Gasteiger partial charge in [0.05, 0.1) is 25.0 Å². The number of benzene rings is 1. The number of nitrogens with one attached hydrogen (secondary N) is 2. The van der Waals surface area contributed by atoms with E-state index in [0.29, 0.717) is 6.20 Å². The molecule has 1 fully saturated rings. The van der Waals surface area contributed by atoms with Gasteiger partial charge in [-0.2, -0.15) is 9.48 Å². The van der Waals surface area contributed by atoms with E-state index in [9.17, 15) is 28.4 Å². The van der Waals surface area contributed by atoms with E-state index >= 15 is 0 Å². The Bertz CT molecular complexity index is 1270. The molecule has 1 aromatic carbocycles. The predicted octanol–water partition coefficient (Wildman–Crippen LogP) is 2.87. The van der Waals surface area contributed by atoms with Crippen LogP contribution in [0.1, 0.15) is 53.2 Å². The van der Waals surface area contributed by atoms with E-state index in [0.717, 1.165) is 17.4 Å². The molecule has 0 bridgehead atoms. The van der Waals surface area contributed by atoms with Crippen LogP contribution in [0.2, 0.25) is 0 Å². The minimum absolute atomic E-state index is 0.139.